The molecule has 0 fully saturated rings. The smallest absolute Gasteiger partial charge is 0.205 e. The number of hydrogen-bond acceptors (Lipinski definition) is 4. The summed E-state index contributed by atoms with van der Waals surface area (Å²) in [5.41, 5.74) is 9.71. The third kappa shape index (κ3) is 3.58. The van der Waals surface area contributed by atoms with Crippen LogP contribution >= 0.6 is 0 Å². The number of fused-ring (bicyclic) bond motifs is 1. The monoisotopic (exact) mass is 422 g/mol. The van der Waals surface area contributed by atoms with Crippen LogP contribution in [-0.4, -0.2) is 30.2 Å². The molecule has 0 radical (unpaired) electrons. The predicted molar refractivity (Wildman–Crippen MR) is 126 cm³/mol. The number of tetrazole rings is 1. The van der Waals surface area contributed by atoms with Gasteiger partial charge in [0.1, 0.15) is 0 Å². The van der Waals surface area contributed by atoms with Crippen LogP contribution in [0.5, 0.6) is 0 Å². The molecule has 0 aliphatic heterocycles. The van der Waals surface area contributed by atoms with Gasteiger partial charge in [-0.2, -0.15) is 10.3 Å². The molecule has 0 saturated heterocycles. The fraction of sp³-hybridized carbons (Fsp3) is 0.231. The lowest BCUT2D eigenvalue weighted by molar-refractivity contribution is 0.726. The van der Waals surface area contributed by atoms with E-state index < -0.39 is 0 Å². The van der Waals surface area contributed by atoms with Gasteiger partial charge in [-0.05, 0) is 58.4 Å². The first-order chi connectivity index (χ1) is 15.7. The molecular weight excluding hydrogens is 396 g/mol. The van der Waals surface area contributed by atoms with Crippen molar-refractivity contribution in [2.24, 2.45) is 0 Å². The van der Waals surface area contributed by atoms with E-state index in [0.29, 0.717) is 11.7 Å². The van der Waals surface area contributed by atoms with Crippen molar-refractivity contribution in [2.75, 3.05) is 0 Å². The highest BCUT2D eigenvalue weighted by molar-refractivity contribution is 5.80. The van der Waals surface area contributed by atoms with Gasteiger partial charge >= 0.3 is 0 Å². The fourth-order valence-electron chi connectivity index (χ4n) is 4.45. The standard InChI is InChI=1S/C26H26N6/c1-4-17(2)24-18(3)13-14-32-25(24)21(16-27-32)15-19-9-11-20(12-10-19)22-7-5-6-8-23(22)26-28-30-31-29-26/h5-14,16-17H,4,15H2,1-3H3,(H,28,29,30,31). The average molecular weight is 423 g/mol. The molecule has 5 aromatic rings. The zero-order chi connectivity index (χ0) is 22.1. The zero-order valence-corrected chi connectivity index (χ0v) is 18.6. The van der Waals surface area contributed by atoms with Crippen molar-refractivity contribution >= 4 is 5.52 Å². The lowest BCUT2D eigenvalue weighted by Crippen LogP contribution is -2.02. The van der Waals surface area contributed by atoms with Crippen molar-refractivity contribution in [1.82, 2.24) is 30.2 Å². The van der Waals surface area contributed by atoms with Crippen LogP contribution in [0.2, 0.25) is 0 Å². The van der Waals surface area contributed by atoms with E-state index in [0.717, 1.165) is 29.5 Å². The Kier molecular flexibility index (Phi) is 5.27. The summed E-state index contributed by atoms with van der Waals surface area (Å²) in [5.74, 6) is 1.10. The van der Waals surface area contributed by atoms with Crippen LogP contribution in [0.3, 0.4) is 0 Å². The van der Waals surface area contributed by atoms with Gasteiger partial charge in [0.15, 0.2) is 0 Å². The number of pyridine rings is 1. The number of rotatable bonds is 6. The molecule has 0 aliphatic carbocycles. The molecule has 2 aromatic carbocycles. The van der Waals surface area contributed by atoms with Crippen LogP contribution in [0.15, 0.2) is 67.0 Å². The predicted octanol–water partition coefficient (Wildman–Crippen LogP) is 5.59. The molecule has 3 heterocycles. The maximum atomic E-state index is 4.63. The first kappa shape index (κ1) is 20.1. The summed E-state index contributed by atoms with van der Waals surface area (Å²) in [7, 11) is 0. The zero-order valence-electron chi connectivity index (χ0n) is 18.6. The number of aryl methyl sites for hydroxylation is 1. The van der Waals surface area contributed by atoms with Crippen LogP contribution in [0.25, 0.3) is 28.0 Å². The first-order valence-electron chi connectivity index (χ1n) is 11.0. The summed E-state index contributed by atoms with van der Waals surface area (Å²) < 4.78 is 2.03. The van der Waals surface area contributed by atoms with E-state index in [1.54, 1.807) is 0 Å². The van der Waals surface area contributed by atoms with Crippen LogP contribution in [0.1, 0.15) is 48.4 Å². The number of hydrogen-bond donors (Lipinski definition) is 1. The molecular formula is C26H26N6. The molecule has 32 heavy (non-hydrogen) atoms. The SMILES string of the molecule is CCC(C)c1c(C)ccn2ncc(Cc3ccc(-c4ccccc4-c4nn[nH]n4)cc3)c12. The Morgan fingerprint density at radius 1 is 1.00 bits per heavy atom. The highest BCUT2D eigenvalue weighted by Crippen LogP contribution is 2.32. The van der Waals surface area contributed by atoms with Crippen LogP contribution in [-0.2, 0) is 6.42 Å². The molecule has 1 unspecified atom stereocenters. The highest BCUT2D eigenvalue weighted by Gasteiger charge is 2.16. The minimum Gasteiger partial charge on any atom is -0.240 e. The molecule has 0 saturated carbocycles. The molecule has 0 aliphatic rings. The summed E-state index contributed by atoms with van der Waals surface area (Å²) in [6.45, 7) is 6.75. The fourth-order valence-corrected chi connectivity index (χ4v) is 4.45. The lowest BCUT2D eigenvalue weighted by Gasteiger charge is -2.16. The van der Waals surface area contributed by atoms with Crippen molar-refractivity contribution in [1.29, 1.82) is 0 Å². The average Bonchev–Trinajstić information content (AvgIpc) is 3.50. The summed E-state index contributed by atoms with van der Waals surface area (Å²) in [5, 5.41) is 19.2. The number of nitrogens with zero attached hydrogens (tertiary/aromatic N) is 5. The van der Waals surface area contributed by atoms with Gasteiger partial charge in [0.2, 0.25) is 5.82 Å². The molecule has 0 bridgehead atoms. The van der Waals surface area contributed by atoms with Crippen LogP contribution in [0.4, 0.5) is 0 Å². The molecule has 5 rings (SSSR count). The Balaban J connectivity index is 1.49. The maximum absolute atomic E-state index is 4.63. The van der Waals surface area contributed by atoms with E-state index in [9.17, 15) is 0 Å². The van der Waals surface area contributed by atoms with E-state index in [-0.39, 0.29) is 0 Å². The van der Waals surface area contributed by atoms with Crippen LogP contribution < -0.4 is 0 Å². The second-order valence-electron chi connectivity index (χ2n) is 8.34. The van der Waals surface area contributed by atoms with Crippen molar-refractivity contribution in [2.45, 2.75) is 39.5 Å². The first-order valence-corrected chi connectivity index (χ1v) is 11.0. The molecule has 0 amide bonds. The number of nitrogens with one attached hydrogen (secondary N) is 1. The minimum absolute atomic E-state index is 0.498. The van der Waals surface area contributed by atoms with E-state index in [4.69, 9.17) is 0 Å². The van der Waals surface area contributed by atoms with Crippen molar-refractivity contribution < 1.29 is 0 Å². The molecule has 6 nitrogen and oxygen atoms in total. The number of aromatic nitrogens is 6. The molecule has 0 spiro atoms. The van der Waals surface area contributed by atoms with Gasteiger partial charge in [-0.15, -0.1) is 10.2 Å². The normalized spacial score (nSPS) is 12.3. The van der Waals surface area contributed by atoms with E-state index in [1.807, 2.05) is 28.9 Å². The van der Waals surface area contributed by atoms with E-state index in [1.165, 1.54) is 27.8 Å². The summed E-state index contributed by atoms with van der Waals surface area (Å²) in [6.07, 6.45) is 6.04. The Labute approximate surface area is 187 Å². The van der Waals surface area contributed by atoms with E-state index >= 15 is 0 Å². The Bertz CT molecular complexity index is 1350. The maximum Gasteiger partial charge on any atom is 0.205 e. The van der Waals surface area contributed by atoms with E-state index in [2.05, 4.69) is 89.1 Å². The van der Waals surface area contributed by atoms with Gasteiger partial charge in [0.05, 0.1) is 11.7 Å². The summed E-state index contributed by atoms with van der Waals surface area (Å²) in [6, 6.07) is 19.0. The largest absolute Gasteiger partial charge is 0.240 e. The van der Waals surface area contributed by atoms with Gasteiger partial charge in [-0.25, -0.2) is 4.52 Å². The second-order valence-corrected chi connectivity index (χ2v) is 8.34. The van der Waals surface area contributed by atoms with Crippen molar-refractivity contribution in [3.8, 4) is 22.5 Å². The number of H-pyrrole nitrogens is 1. The van der Waals surface area contributed by atoms with Crippen molar-refractivity contribution in [3.05, 3.63) is 89.2 Å². The van der Waals surface area contributed by atoms with Gasteiger partial charge in [-0.3, -0.25) is 0 Å². The quantitative estimate of drug-likeness (QED) is 0.387. The molecule has 6 heteroatoms. The Morgan fingerprint density at radius 3 is 2.50 bits per heavy atom. The van der Waals surface area contributed by atoms with Crippen molar-refractivity contribution in [3.63, 3.8) is 0 Å². The Hall–Kier alpha value is -3.80. The molecule has 3 aromatic heterocycles. The van der Waals surface area contributed by atoms with Gasteiger partial charge in [-0.1, -0.05) is 62.4 Å². The topological polar surface area (TPSA) is 71.8 Å². The highest BCUT2D eigenvalue weighted by atomic mass is 15.5. The van der Waals surface area contributed by atoms with Gasteiger partial charge in [0, 0.05) is 23.7 Å². The van der Waals surface area contributed by atoms with Crippen LogP contribution in [0, 0.1) is 6.92 Å². The summed E-state index contributed by atoms with van der Waals surface area (Å²) in [4.78, 5) is 0. The third-order valence-corrected chi connectivity index (χ3v) is 6.29. The lowest BCUT2D eigenvalue weighted by atomic mass is 9.91. The summed E-state index contributed by atoms with van der Waals surface area (Å²) >= 11 is 0. The van der Waals surface area contributed by atoms with Gasteiger partial charge in [0.25, 0.3) is 0 Å². The second kappa shape index (κ2) is 8.38. The minimum atomic E-state index is 0.498. The Morgan fingerprint density at radius 2 is 1.78 bits per heavy atom. The molecule has 1 atom stereocenters. The number of benzene rings is 2. The van der Waals surface area contributed by atoms with Gasteiger partial charge < -0.3 is 0 Å². The third-order valence-electron chi connectivity index (χ3n) is 6.29. The molecule has 160 valence electrons. The molecule has 1 N–H and O–H groups in total. The number of aromatic amines is 1.